The van der Waals surface area contributed by atoms with Gasteiger partial charge in [-0.05, 0) is 28.8 Å². The molecule has 1 aromatic rings. The Balaban J connectivity index is 1.74. The quantitative estimate of drug-likeness (QED) is 0.463. The third kappa shape index (κ3) is 4.39. The van der Waals surface area contributed by atoms with Crippen molar-refractivity contribution in [2.24, 2.45) is 0 Å². The Hall–Kier alpha value is -1.25. The van der Waals surface area contributed by atoms with E-state index >= 15 is 0 Å². The number of ether oxygens (including phenoxy) is 2. The van der Waals surface area contributed by atoms with Crippen LogP contribution in [0.1, 0.15) is 12.8 Å². The fraction of sp³-hybridized carbons (Fsp3) is 0.583. The molecule has 1 atom stereocenters. The molecule has 7 nitrogen and oxygen atoms in total. The van der Waals surface area contributed by atoms with Crippen molar-refractivity contribution >= 4 is 27.4 Å². The second-order valence-electron chi connectivity index (χ2n) is 4.42. The van der Waals surface area contributed by atoms with Gasteiger partial charge in [0.25, 0.3) is 0 Å². The summed E-state index contributed by atoms with van der Waals surface area (Å²) >= 11 is 3.16. The molecule has 1 saturated heterocycles. The molecular weight excluding hydrogens is 330 g/mol. The monoisotopic (exact) mass is 345 g/mol. The molecule has 1 N–H and O–H groups in total. The van der Waals surface area contributed by atoms with Gasteiger partial charge in [-0.2, -0.15) is 0 Å². The molecule has 2 heterocycles. The number of pyridine rings is 1. The smallest absolute Gasteiger partial charge is 0.312 e. The van der Waals surface area contributed by atoms with Gasteiger partial charge in [-0.3, -0.25) is 10.1 Å². The Labute approximate surface area is 124 Å². The number of halogens is 1. The molecule has 0 spiro atoms. The molecule has 0 bridgehead atoms. The van der Waals surface area contributed by atoms with Crippen LogP contribution in [-0.2, 0) is 9.47 Å². The van der Waals surface area contributed by atoms with Crippen LogP contribution in [0, 0.1) is 10.1 Å². The molecule has 2 rings (SSSR count). The number of aromatic nitrogens is 1. The summed E-state index contributed by atoms with van der Waals surface area (Å²) in [6, 6.07) is 1.42. The minimum absolute atomic E-state index is 0.0569. The molecule has 1 unspecified atom stereocenters. The molecule has 0 aromatic carbocycles. The lowest BCUT2D eigenvalue weighted by Gasteiger charge is -2.10. The first-order chi connectivity index (χ1) is 9.66. The summed E-state index contributed by atoms with van der Waals surface area (Å²) in [5, 5.41) is 13.8. The van der Waals surface area contributed by atoms with Crippen molar-refractivity contribution in [3.8, 4) is 0 Å². The standard InChI is InChI=1S/C12H16BrN3O4/c13-9-6-11(16(17)18)12(15-7-9)14-3-5-19-8-10-2-1-4-20-10/h6-7,10H,1-5,8H2,(H,14,15). The van der Waals surface area contributed by atoms with Crippen LogP contribution in [0.4, 0.5) is 11.5 Å². The Kier molecular flexibility index (Phi) is 5.69. The summed E-state index contributed by atoms with van der Waals surface area (Å²) in [7, 11) is 0. The highest BCUT2D eigenvalue weighted by atomic mass is 79.9. The molecule has 0 radical (unpaired) electrons. The predicted octanol–water partition coefficient (Wildman–Crippen LogP) is 2.36. The normalized spacial score (nSPS) is 18.1. The Morgan fingerprint density at radius 2 is 2.50 bits per heavy atom. The van der Waals surface area contributed by atoms with E-state index in [1.54, 1.807) is 0 Å². The molecule has 20 heavy (non-hydrogen) atoms. The van der Waals surface area contributed by atoms with E-state index in [2.05, 4.69) is 26.2 Å². The zero-order chi connectivity index (χ0) is 14.4. The molecule has 0 saturated carbocycles. The molecule has 1 aliphatic rings. The Bertz CT molecular complexity index is 466. The van der Waals surface area contributed by atoms with Gasteiger partial charge in [0.1, 0.15) is 0 Å². The van der Waals surface area contributed by atoms with Gasteiger partial charge in [-0.25, -0.2) is 4.98 Å². The first-order valence-corrected chi connectivity index (χ1v) is 7.19. The fourth-order valence-corrected chi connectivity index (χ4v) is 2.26. The number of hydrogen-bond donors (Lipinski definition) is 1. The van der Waals surface area contributed by atoms with Crippen molar-refractivity contribution in [2.45, 2.75) is 18.9 Å². The maximum atomic E-state index is 10.9. The van der Waals surface area contributed by atoms with Gasteiger partial charge in [0.15, 0.2) is 0 Å². The number of anilines is 1. The van der Waals surface area contributed by atoms with Crippen LogP contribution < -0.4 is 5.32 Å². The van der Waals surface area contributed by atoms with Crippen LogP contribution in [0.5, 0.6) is 0 Å². The SMILES string of the molecule is O=[N+]([O-])c1cc(Br)cnc1NCCOCC1CCCO1. The lowest BCUT2D eigenvalue weighted by Crippen LogP contribution is -2.18. The molecule has 1 aromatic heterocycles. The number of nitro groups is 1. The Morgan fingerprint density at radius 1 is 1.65 bits per heavy atom. The summed E-state index contributed by atoms with van der Waals surface area (Å²) < 4.78 is 11.5. The van der Waals surface area contributed by atoms with Crippen molar-refractivity contribution in [3.63, 3.8) is 0 Å². The van der Waals surface area contributed by atoms with Gasteiger partial charge in [0.05, 0.1) is 24.2 Å². The highest BCUT2D eigenvalue weighted by Gasteiger charge is 2.16. The molecule has 0 amide bonds. The van der Waals surface area contributed by atoms with Crippen LogP contribution in [0.2, 0.25) is 0 Å². The van der Waals surface area contributed by atoms with E-state index in [0.29, 0.717) is 24.2 Å². The fourth-order valence-electron chi connectivity index (χ4n) is 1.94. The van der Waals surface area contributed by atoms with E-state index in [-0.39, 0.29) is 17.6 Å². The lowest BCUT2D eigenvalue weighted by molar-refractivity contribution is -0.384. The second kappa shape index (κ2) is 7.51. The molecule has 1 aliphatic heterocycles. The summed E-state index contributed by atoms with van der Waals surface area (Å²) in [5.41, 5.74) is -0.0569. The minimum Gasteiger partial charge on any atom is -0.377 e. The number of nitrogens with one attached hydrogen (secondary N) is 1. The molecule has 110 valence electrons. The number of hydrogen-bond acceptors (Lipinski definition) is 6. The van der Waals surface area contributed by atoms with Gasteiger partial charge < -0.3 is 14.8 Å². The van der Waals surface area contributed by atoms with E-state index in [1.807, 2.05) is 0 Å². The Morgan fingerprint density at radius 3 is 3.20 bits per heavy atom. The zero-order valence-corrected chi connectivity index (χ0v) is 12.5. The maximum absolute atomic E-state index is 10.9. The highest BCUT2D eigenvalue weighted by molar-refractivity contribution is 9.10. The third-order valence-electron chi connectivity index (χ3n) is 2.90. The summed E-state index contributed by atoms with van der Waals surface area (Å²) in [6.45, 7) is 2.29. The van der Waals surface area contributed by atoms with Gasteiger partial charge in [0.2, 0.25) is 5.82 Å². The number of rotatable bonds is 7. The summed E-state index contributed by atoms with van der Waals surface area (Å²) in [4.78, 5) is 14.4. The summed E-state index contributed by atoms with van der Waals surface area (Å²) in [6.07, 6.45) is 3.83. The van der Waals surface area contributed by atoms with Gasteiger partial charge in [-0.1, -0.05) is 0 Å². The molecule has 1 fully saturated rings. The van der Waals surface area contributed by atoms with E-state index in [9.17, 15) is 10.1 Å². The van der Waals surface area contributed by atoms with Gasteiger partial charge in [-0.15, -0.1) is 0 Å². The molecule has 8 heteroatoms. The van der Waals surface area contributed by atoms with Crippen molar-refractivity contribution in [3.05, 3.63) is 26.9 Å². The lowest BCUT2D eigenvalue weighted by atomic mass is 10.2. The second-order valence-corrected chi connectivity index (χ2v) is 5.33. The van der Waals surface area contributed by atoms with Crippen molar-refractivity contribution in [1.82, 2.24) is 4.98 Å². The van der Waals surface area contributed by atoms with Crippen LogP contribution in [0.15, 0.2) is 16.7 Å². The topological polar surface area (TPSA) is 86.5 Å². The molecule has 0 aliphatic carbocycles. The zero-order valence-electron chi connectivity index (χ0n) is 10.9. The minimum atomic E-state index is -0.465. The maximum Gasteiger partial charge on any atom is 0.312 e. The number of nitrogens with zero attached hydrogens (tertiary/aromatic N) is 2. The van der Waals surface area contributed by atoms with Crippen molar-refractivity contribution < 1.29 is 14.4 Å². The predicted molar refractivity (Wildman–Crippen MR) is 76.9 cm³/mol. The third-order valence-corrected chi connectivity index (χ3v) is 3.33. The van der Waals surface area contributed by atoms with Crippen LogP contribution in [0.3, 0.4) is 0 Å². The van der Waals surface area contributed by atoms with E-state index in [0.717, 1.165) is 19.4 Å². The molecular formula is C12H16BrN3O4. The first kappa shape index (κ1) is 15.1. The largest absolute Gasteiger partial charge is 0.377 e. The van der Waals surface area contributed by atoms with E-state index in [4.69, 9.17) is 9.47 Å². The van der Waals surface area contributed by atoms with Crippen LogP contribution >= 0.6 is 15.9 Å². The highest BCUT2D eigenvalue weighted by Crippen LogP contribution is 2.24. The van der Waals surface area contributed by atoms with E-state index in [1.165, 1.54) is 12.3 Å². The van der Waals surface area contributed by atoms with Crippen LogP contribution in [0.25, 0.3) is 0 Å². The first-order valence-electron chi connectivity index (χ1n) is 6.40. The average molecular weight is 346 g/mol. The van der Waals surface area contributed by atoms with Crippen molar-refractivity contribution in [1.29, 1.82) is 0 Å². The van der Waals surface area contributed by atoms with Gasteiger partial charge in [0, 0.05) is 29.9 Å². The summed E-state index contributed by atoms with van der Waals surface area (Å²) in [5.74, 6) is 0.249. The average Bonchev–Trinajstić information content (AvgIpc) is 2.92. The van der Waals surface area contributed by atoms with Crippen molar-refractivity contribution in [2.75, 3.05) is 31.7 Å². The van der Waals surface area contributed by atoms with E-state index < -0.39 is 4.92 Å². The van der Waals surface area contributed by atoms with Crippen LogP contribution in [-0.4, -0.2) is 42.4 Å². The van der Waals surface area contributed by atoms with Gasteiger partial charge >= 0.3 is 5.69 Å².